The molecule has 164 valence electrons. The van der Waals surface area contributed by atoms with Crippen molar-refractivity contribution in [2.75, 3.05) is 0 Å². The van der Waals surface area contributed by atoms with Crippen LogP contribution in [0.2, 0.25) is 10.0 Å². The molecule has 6 nitrogen and oxygen atoms in total. The van der Waals surface area contributed by atoms with Crippen molar-refractivity contribution in [3.63, 3.8) is 0 Å². The van der Waals surface area contributed by atoms with E-state index in [1.807, 2.05) is 24.3 Å². The molecule has 0 radical (unpaired) electrons. The Balaban J connectivity index is 1.31. The molecule has 0 atom stereocenters. The second-order valence-electron chi connectivity index (χ2n) is 7.52. The van der Waals surface area contributed by atoms with Crippen molar-refractivity contribution >= 4 is 50.9 Å². The van der Waals surface area contributed by atoms with Crippen LogP contribution in [0.1, 0.15) is 27.4 Å². The number of fused-ring (bicyclic) bond motifs is 2. The van der Waals surface area contributed by atoms with Crippen LogP contribution in [-0.4, -0.2) is 25.8 Å². The number of pyridine rings is 1. The van der Waals surface area contributed by atoms with Crippen molar-refractivity contribution in [1.29, 1.82) is 0 Å². The van der Waals surface area contributed by atoms with Crippen molar-refractivity contribution < 1.29 is 9.18 Å². The van der Waals surface area contributed by atoms with Crippen LogP contribution in [0.4, 0.5) is 4.39 Å². The summed E-state index contributed by atoms with van der Waals surface area (Å²) in [4.78, 5) is 28.5. The number of carbonyl (C=O) groups excluding carboxylic acids is 1. The van der Waals surface area contributed by atoms with E-state index in [1.165, 1.54) is 18.3 Å². The summed E-state index contributed by atoms with van der Waals surface area (Å²) in [5, 5.41) is 5.36. The predicted molar refractivity (Wildman–Crippen MR) is 126 cm³/mol. The van der Waals surface area contributed by atoms with Crippen molar-refractivity contribution in [2.45, 2.75) is 13.0 Å². The van der Waals surface area contributed by atoms with E-state index in [-0.39, 0.29) is 12.2 Å². The van der Waals surface area contributed by atoms with E-state index >= 15 is 0 Å². The van der Waals surface area contributed by atoms with Crippen LogP contribution in [0, 0.1) is 5.82 Å². The zero-order valence-corrected chi connectivity index (χ0v) is 18.6. The molecule has 0 unspecified atom stereocenters. The maximum absolute atomic E-state index is 14.4. The molecular formula is C24H16Cl2FN5O. The highest BCUT2D eigenvalue weighted by atomic mass is 35.5. The molecule has 3 heterocycles. The molecule has 0 aliphatic heterocycles. The molecule has 0 bridgehead atoms. The number of aromatic nitrogens is 4. The van der Waals surface area contributed by atoms with Crippen LogP contribution in [-0.2, 0) is 13.0 Å². The van der Waals surface area contributed by atoms with Crippen LogP contribution in [0.5, 0.6) is 0 Å². The Hall–Kier alpha value is -3.55. The van der Waals surface area contributed by atoms with Crippen molar-refractivity contribution in [3.05, 3.63) is 99.6 Å². The van der Waals surface area contributed by atoms with E-state index < -0.39 is 11.7 Å². The number of nitrogens with zero attached hydrogens (tertiary/aromatic N) is 3. The van der Waals surface area contributed by atoms with Crippen LogP contribution in [0.3, 0.4) is 0 Å². The molecule has 0 spiro atoms. The van der Waals surface area contributed by atoms with Gasteiger partial charge in [0.25, 0.3) is 5.91 Å². The minimum absolute atomic E-state index is 0.000113. The van der Waals surface area contributed by atoms with Gasteiger partial charge in [0.15, 0.2) is 0 Å². The van der Waals surface area contributed by atoms with E-state index in [9.17, 15) is 9.18 Å². The molecule has 33 heavy (non-hydrogen) atoms. The second kappa shape index (κ2) is 8.77. The fourth-order valence-corrected chi connectivity index (χ4v) is 3.99. The predicted octanol–water partition coefficient (Wildman–Crippen LogP) is 5.47. The Labute approximate surface area is 197 Å². The Morgan fingerprint density at radius 2 is 1.97 bits per heavy atom. The smallest absolute Gasteiger partial charge is 0.270 e. The molecule has 0 saturated carbocycles. The van der Waals surface area contributed by atoms with Gasteiger partial charge in [-0.05, 0) is 42.0 Å². The van der Waals surface area contributed by atoms with E-state index in [4.69, 9.17) is 23.2 Å². The van der Waals surface area contributed by atoms with Gasteiger partial charge in [0, 0.05) is 53.4 Å². The van der Waals surface area contributed by atoms with E-state index in [1.54, 1.807) is 18.5 Å². The monoisotopic (exact) mass is 479 g/mol. The summed E-state index contributed by atoms with van der Waals surface area (Å²) in [6, 6.07) is 12.1. The van der Waals surface area contributed by atoms with Crippen LogP contribution < -0.4 is 5.32 Å². The maximum Gasteiger partial charge on any atom is 0.270 e. The third-order valence-electron chi connectivity index (χ3n) is 5.25. The lowest BCUT2D eigenvalue weighted by Gasteiger charge is -2.08. The number of nitrogens with one attached hydrogen (secondary N) is 2. The number of amides is 1. The molecule has 2 aromatic carbocycles. The first-order valence-corrected chi connectivity index (χ1v) is 10.8. The normalized spacial score (nSPS) is 11.2. The third-order valence-corrected chi connectivity index (χ3v) is 5.77. The quantitative estimate of drug-likeness (QED) is 0.349. The summed E-state index contributed by atoms with van der Waals surface area (Å²) in [6.45, 7) is -0.000113. The molecule has 0 aliphatic carbocycles. The summed E-state index contributed by atoms with van der Waals surface area (Å²) >= 11 is 12.1. The molecular weight excluding hydrogens is 464 g/mol. The molecule has 2 N–H and O–H groups in total. The standard InChI is InChI=1S/C24H16Cl2FN5O/c25-16-7-14-5-13(1-2-20(14)29-11-16)6-23-28-4-3-21(32-23)24(33)31-10-15-8-17-18(26)12-30-22(17)9-19(15)27/h1-5,7-9,11-12,30H,6,10H2,(H,31,33). The van der Waals surface area contributed by atoms with Gasteiger partial charge < -0.3 is 10.3 Å². The molecule has 0 fully saturated rings. The van der Waals surface area contributed by atoms with Crippen LogP contribution in [0.15, 0.2) is 61.1 Å². The van der Waals surface area contributed by atoms with Crippen molar-refractivity contribution in [1.82, 2.24) is 25.3 Å². The van der Waals surface area contributed by atoms with Gasteiger partial charge in [0.05, 0.1) is 15.6 Å². The van der Waals surface area contributed by atoms with Gasteiger partial charge in [0.1, 0.15) is 17.3 Å². The highest BCUT2D eigenvalue weighted by Gasteiger charge is 2.13. The lowest BCUT2D eigenvalue weighted by molar-refractivity contribution is 0.0945. The van der Waals surface area contributed by atoms with Gasteiger partial charge in [-0.1, -0.05) is 29.3 Å². The van der Waals surface area contributed by atoms with Gasteiger partial charge >= 0.3 is 0 Å². The largest absolute Gasteiger partial charge is 0.360 e. The van der Waals surface area contributed by atoms with Gasteiger partial charge in [-0.3, -0.25) is 9.78 Å². The highest BCUT2D eigenvalue weighted by molar-refractivity contribution is 6.35. The van der Waals surface area contributed by atoms with Gasteiger partial charge in [0.2, 0.25) is 0 Å². The summed E-state index contributed by atoms with van der Waals surface area (Å²) < 4.78 is 14.4. The summed E-state index contributed by atoms with van der Waals surface area (Å²) in [7, 11) is 0. The number of rotatable bonds is 5. The Bertz CT molecular complexity index is 1520. The summed E-state index contributed by atoms with van der Waals surface area (Å²) in [5.74, 6) is -0.368. The lowest BCUT2D eigenvalue weighted by Crippen LogP contribution is -2.24. The van der Waals surface area contributed by atoms with E-state index in [0.29, 0.717) is 38.8 Å². The Morgan fingerprint density at radius 1 is 1.09 bits per heavy atom. The first-order valence-electron chi connectivity index (χ1n) is 10.1. The average Bonchev–Trinajstić information content (AvgIpc) is 3.16. The highest BCUT2D eigenvalue weighted by Crippen LogP contribution is 2.26. The second-order valence-corrected chi connectivity index (χ2v) is 8.37. The molecule has 0 saturated heterocycles. The molecule has 5 aromatic rings. The van der Waals surface area contributed by atoms with Crippen molar-refractivity contribution in [3.8, 4) is 0 Å². The van der Waals surface area contributed by atoms with Crippen molar-refractivity contribution in [2.24, 2.45) is 0 Å². The fraction of sp³-hybridized carbons (Fsp3) is 0.0833. The molecule has 9 heteroatoms. The molecule has 0 aliphatic rings. The number of aromatic amines is 1. The maximum atomic E-state index is 14.4. The zero-order valence-electron chi connectivity index (χ0n) is 17.1. The number of carbonyl (C=O) groups is 1. The third kappa shape index (κ3) is 4.51. The number of H-pyrrole nitrogens is 1. The number of halogens is 3. The van der Waals surface area contributed by atoms with Gasteiger partial charge in [-0.15, -0.1) is 0 Å². The zero-order chi connectivity index (χ0) is 22.9. The Kier molecular flexibility index (Phi) is 5.66. The molecule has 3 aromatic heterocycles. The Morgan fingerprint density at radius 3 is 2.85 bits per heavy atom. The molecule has 1 amide bonds. The first kappa shape index (κ1) is 21.3. The van der Waals surface area contributed by atoms with E-state index in [2.05, 4.69) is 25.3 Å². The van der Waals surface area contributed by atoms with E-state index in [0.717, 1.165) is 16.5 Å². The van der Waals surface area contributed by atoms with Gasteiger partial charge in [-0.2, -0.15) is 0 Å². The van der Waals surface area contributed by atoms with Gasteiger partial charge in [-0.25, -0.2) is 14.4 Å². The molecule has 5 rings (SSSR count). The minimum Gasteiger partial charge on any atom is -0.360 e. The minimum atomic E-state index is -0.435. The summed E-state index contributed by atoms with van der Waals surface area (Å²) in [5.41, 5.74) is 2.92. The number of hydrogen-bond acceptors (Lipinski definition) is 4. The summed E-state index contributed by atoms with van der Waals surface area (Å²) in [6.07, 6.45) is 5.16. The number of hydrogen-bond donors (Lipinski definition) is 2. The fourth-order valence-electron chi connectivity index (χ4n) is 3.61. The van der Waals surface area contributed by atoms with Crippen LogP contribution in [0.25, 0.3) is 21.8 Å². The SMILES string of the molecule is O=C(NCc1cc2c(Cl)c[nH]c2cc1F)c1ccnc(Cc2ccc3ncc(Cl)cc3c2)n1. The average molecular weight is 480 g/mol. The van der Waals surface area contributed by atoms with Crippen LogP contribution >= 0.6 is 23.2 Å². The first-order chi connectivity index (χ1) is 16.0. The number of benzene rings is 2. The lowest BCUT2D eigenvalue weighted by atomic mass is 10.1. The topological polar surface area (TPSA) is 83.6 Å².